The topological polar surface area (TPSA) is 44.1 Å². The summed E-state index contributed by atoms with van der Waals surface area (Å²) in [6.07, 6.45) is 4.53. The molecule has 20 heavy (non-hydrogen) atoms. The lowest BCUT2D eigenvalue weighted by molar-refractivity contribution is 0.0985. The fraction of sp³-hybridized carbons (Fsp3) is 0.333. The van der Waals surface area contributed by atoms with Gasteiger partial charge in [0.1, 0.15) is 17.4 Å². The number of halogens is 1. The van der Waals surface area contributed by atoms with E-state index in [-0.39, 0.29) is 17.8 Å². The van der Waals surface area contributed by atoms with Gasteiger partial charge in [-0.1, -0.05) is 6.92 Å². The van der Waals surface area contributed by atoms with Crippen LogP contribution < -0.4 is 4.74 Å². The predicted octanol–water partition coefficient (Wildman–Crippen LogP) is 2.87. The second kappa shape index (κ2) is 6.32. The van der Waals surface area contributed by atoms with Gasteiger partial charge in [-0.3, -0.25) is 4.79 Å². The Morgan fingerprint density at radius 1 is 1.45 bits per heavy atom. The highest BCUT2D eigenvalue weighted by molar-refractivity contribution is 5.97. The van der Waals surface area contributed by atoms with Crippen molar-refractivity contribution in [1.29, 1.82) is 0 Å². The first-order chi connectivity index (χ1) is 9.65. The quantitative estimate of drug-likeness (QED) is 0.762. The Morgan fingerprint density at radius 3 is 2.90 bits per heavy atom. The SMILES string of the molecule is CCCn1ccnc1CC(=O)c1ccc(OC)cc1F. The van der Waals surface area contributed by atoms with Crippen molar-refractivity contribution in [3.05, 3.63) is 47.8 Å². The molecule has 0 aliphatic carbocycles. The Bertz CT molecular complexity index is 608. The molecule has 106 valence electrons. The maximum Gasteiger partial charge on any atom is 0.173 e. The number of aryl methyl sites for hydroxylation is 1. The highest BCUT2D eigenvalue weighted by Crippen LogP contribution is 2.18. The van der Waals surface area contributed by atoms with E-state index in [1.54, 1.807) is 12.3 Å². The Balaban J connectivity index is 2.17. The van der Waals surface area contributed by atoms with Crippen molar-refractivity contribution in [3.8, 4) is 5.75 Å². The van der Waals surface area contributed by atoms with Gasteiger partial charge in [0.25, 0.3) is 0 Å². The number of imidazole rings is 1. The molecule has 4 nitrogen and oxygen atoms in total. The van der Waals surface area contributed by atoms with E-state index < -0.39 is 5.82 Å². The summed E-state index contributed by atoms with van der Waals surface area (Å²) >= 11 is 0. The van der Waals surface area contributed by atoms with Gasteiger partial charge < -0.3 is 9.30 Å². The van der Waals surface area contributed by atoms with Gasteiger partial charge in [-0.05, 0) is 18.6 Å². The van der Waals surface area contributed by atoms with E-state index in [1.165, 1.54) is 19.2 Å². The van der Waals surface area contributed by atoms with E-state index in [2.05, 4.69) is 11.9 Å². The smallest absolute Gasteiger partial charge is 0.173 e. The van der Waals surface area contributed by atoms with Gasteiger partial charge in [0, 0.05) is 25.0 Å². The Kier molecular flexibility index (Phi) is 4.50. The molecule has 0 radical (unpaired) electrons. The Hall–Kier alpha value is -2.17. The zero-order valence-electron chi connectivity index (χ0n) is 11.6. The number of carbonyl (C=O) groups excluding carboxylic acids is 1. The van der Waals surface area contributed by atoms with Gasteiger partial charge in [-0.15, -0.1) is 0 Å². The number of aromatic nitrogens is 2. The van der Waals surface area contributed by atoms with Crippen LogP contribution in [-0.4, -0.2) is 22.4 Å². The summed E-state index contributed by atoms with van der Waals surface area (Å²) in [4.78, 5) is 16.3. The second-order valence-electron chi connectivity index (χ2n) is 4.48. The lowest BCUT2D eigenvalue weighted by Gasteiger charge is -2.07. The van der Waals surface area contributed by atoms with Crippen molar-refractivity contribution in [2.45, 2.75) is 26.3 Å². The van der Waals surface area contributed by atoms with Gasteiger partial charge in [0.05, 0.1) is 19.1 Å². The fourth-order valence-corrected chi connectivity index (χ4v) is 2.04. The maximum absolute atomic E-state index is 13.8. The third kappa shape index (κ3) is 3.04. The molecule has 1 aromatic carbocycles. The van der Waals surface area contributed by atoms with Crippen LogP contribution in [0.4, 0.5) is 4.39 Å². The summed E-state index contributed by atoms with van der Waals surface area (Å²) in [5.74, 6) is 0.204. The highest BCUT2D eigenvalue weighted by Gasteiger charge is 2.15. The Labute approximate surface area is 117 Å². The minimum atomic E-state index is -0.567. The van der Waals surface area contributed by atoms with Crippen molar-refractivity contribution in [2.24, 2.45) is 0 Å². The molecule has 0 atom stereocenters. The standard InChI is InChI=1S/C15H17FN2O2/c1-3-7-18-8-6-17-15(18)10-14(19)12-5-4-11(20-2)9-13(12)16/h4-6,8-9H,3,7,10H2,1-2H3. The van der Waals surface area contributed by atoms with E-state index in [0.29, 0.717) is 11.6 Å². The highest BCUT2D eigenvalue weighted by atomic mass is 19.1. The molecule has 0 aliphatic rings. The molecule has 5 heteroatoms. The van der Waals surface area contributed by atoms with E-state index in [1.807, 2.05) is 10.8 Å². The van der Waals surface area contributed by atoms with Crippen LogP contribution in [0.3, 0.4) is 0 Å². The van der Waals surface area contributed by atoms with Crippen molar-refractivity contribution in [3.63, 3.8) is 0 Å². The number of hydrogen-bond donors (Lipinski definition) is 0. The van der Waals surface area contributed by atoms with Gasteiger partial charge in [0.2, 0.25) is 0 Å². The van der Waals surface area contributed by atoms with Crippen molar-refractivity contribution in [1.82, 2.24) is 9.55 Å². The predicted molar refractivity (Wildman–Crippen MR) is 73.5 cm³/mol. The molecule has 1 heterocycles. The number of ether oxygens (including phenoxy) is 1. The normalized spacial score (nSPS) is 10.6. The number of benzene rings is 1. The lowest BCUT2D eigenvalue weighted by atomic mass is 10.1. The minimum Gasteiger partial charge on any atom is -0.497 e. The zero-order chi connectivity index (χ0) is 14.5. The monoisotopic (exact) mass is 276 g/mol. The molecular formula is C15H17FN2O2. The third-order valence-corrected chi connectivity index (χ3v) is 3.06. The van der Waals surface area contributed by atoms with Crippen LogP contribution in [0.5, 0.6) is 5.75 Å². The molecule has 0 N–H and O–H groups in total. The van der Waals surface area contributed by atoms with Crippen LogP contribution in [0.2, 0.25) is 0 Å². The van der Waals surface area contributed by atoms with Crippen molar-refractivity contribution < 1.29 is 13.9 Å². The van der Waals surface area contributed by atoms with E-state index in [0.717, 1.165) is 13.0 Å². The van der Waals surface area contributed by atoms with E-state index in [9.17, 15) is 9.18 Å². The molecule has 0 amide bonds. The number of carbonyl (C=O) groups is 1. The second-order valence-corrected chi connectivity index (χ2v) is 4.48. The fourth-order valence-electron chi connectivity index (χ4n) is 2.04. The molecule has 0 aliphatic heterocycles. The summed E-state index contributed by atoms with van der Waals surface area (Å²) in [7, 11) is 1.46. The number of ketones is 1. The summed E-state index contributed by atoms with van der Waals surface area (Å²) in [6.45, 7) is 2.85. The Morgan fingerprint density at radius 2 is 2.25 bits per heavy atom. The number of hydrogen-bond acceptors (Lipinski definition) is 3. The van der Waals surface area contributed by atoms with Crippen LogP contribution in [0.1, 0.15) is 29.5 Å². The molecule has 0 fully saturated rings. The third-order valence-electron chi connectivity index (χ3n) is 3.06. The summed E-state index contributed by atoms with van der Waals surface area (Å²) in [5.41, 5.74) is 0.0665. The molecule has 0 saturated heterocycles. The number of rotatable bonds is 6. The first-order valence-corrected chi connectivity index (χ1v) is 6.52. The van der Waals surface area contributed by atoms with E-state index in [4.69, 9.17) is 4.74 Å². The van der Waals surface area contributed by atoms with Crippen molar-refractivity contribution in [2.75, 3.05) is 7.11 Å². The van der Waals surface area contributed by atoms with E-state index >= 15 is 0 Å². The largest absolute Gasteiger partial charge is 0.497 e. The summed E-state index contributed by atoms with van der Waals surface area (Å²) < 4.78 is 20.7. The van der Waals surface area contributed by atoms with Gasteiger partial charge in [-0.2, -0.15) is 0 Å². The molecule has 0 saturated carbocycles. The van der Waals surface area contributed by atoms with Crippen LogP contribution in [0, 0.1) is 5.82 Å². The zero-order valence-corrected chi connectivity index (χ0v) is 11.6. The molecule has 2 rings (SSSR count). The van der Waals surface area contributed by atoms with Gasteiger partial charge in [0.15, 0.2) is 5.78 Å². The summed E-state index contributed by atoms with van der Waals surface area (Å²) in [5, 5.41) is 0. The number of methoxy groups -OCH3 is 1. The van der Waals surface area contributed by atoms with Crippen LogP contribution in [0.25, 0.3) is 0 Å². The first kappa shape index (κ1) is 14.2. The minimum absolute atomic E-state index is 0.0665. The van der Waals surface area contributed by atoms with Crippen LogP contribution in [-0.2, 0) is 13.0 Å². The molecule has 2 aromatic rings. The van der Waals surface area contributed by atoms with Gasteiger partial charge >= 0.3 is 0 Å². The number of nitrogens with zero attached hydrogens (tertiary/aromatic N) is 2. The van der Waals surface area contributed by atoms with Crippen molar-refractivity contribution >= 4 is 5.78 Å². The molecular weight excluding hydrogens is 259 g/mol. The molecule has 0 unspecified atom stereocenters. The first-order valence-electron chi connectivity index (χ1n) is 6.52. The average Bonchev–Trinajstić information content (AvgIpc) is 2.86. The maximum atomic E-state index is 13.8. The summed E-state index contributed by atoms with van der Waals surface area (Å²) in [6, 6.07) is 4.24. The van der Waals surface area contributed by atoms with Gasteiger partial charge in [-0.25, -0.2) is 9.37 Å². The lowest BCUT2D eigenvalue weighted by Crippen LogP contribution is -2.11. The van der Waals surface area contributed by atoms with Crippen LogP contribution >= 0.6 is 0 Å². The number of Topliss-reactive ketones (excluding diaryl/α,β-unsaturated/α-hetero) is 1. The molecule has 0 spiro atoms. The van der Waals surface area contributed by atoms with Crippen LogP contribution in [0.15, 0.2) is 30.6 Å². The molecule has 1 aromatic heterocycles. The molecule has 0 bridgehead atoms. The average molecular weight is 276 g/mol.